The number of nitrogens with one attached hydrogen (secondary N) is 2. The molecule has 0 saturated heterocycles. The first kappa shape index (κ1) is 32.4. The molecule has 4 rings (SSSR count). The van der Waals surface area contributed by atoms with Crippen molar-refractivity contribution in [3.05, 3.63) is 144 Å². The van der Waals surface area contributed by atoms with Crippen molar-refractivity contribution in [1.29, 1.82) is 0 Å². The van der Waals surface area contributed by atoms with Crippen molar-refractivity contribution in [3.63, 3.8) is 0 Å². The zero-order chi connectivity index (χ0) is 31.6. The molecule has 0 saturated carbocycles. The molecule has 0 radical (unpaired) electrons. The number of ether oxygens (including phenoxy) is 1. The number of carbonyl (C=O) groups is 3. The van der Waals surface area contributed by atoms with E-state index < -0.39 is 40.4 Å². The molecular formula is C36H38N2O5S. The van der Waals surface area contributed by atoms with Crippen LogP contribution in [0.2, 0.25) is 0 Å². The van der Waals surface area contributed by atoms with E-state index in [1.165, 1.54) is 11.8 Å². The average molecular weight is 611 g/mol. The summed E-state index contributed by atoms with van der Waals surface area (Å²) >= 11 is 1.44. The van der Waals surface area contributed by atoms with Crippen molar-refractivity contribution in [2.45, 2.75) is 49.6 Å². The highest BCUT2D eigenvalue weighted by molar-refractivity contribution is 8.00. The third-order valence-electron chi connectivity index (χ3n) is 6.91. The number of rotatable bonds is 12. The molecule has 2 atom stereocenters. The molecule has 0 aliphatic rings. The summed E-state index contributed by atoms with van der Waals surface area (Å²) in [6.45, 7) is 5.19. The van der Waals surface area contributed by atoms with Gasteiger partial charge in [-0.3, -0.25) is 4.79 Å². The summed E-state index contributed by atoms with van der Waals surface area (Å²) in [6.07, 6.45) is -0.598. The van der Waals surface area contributed by atoms with Gasteiger partial charge in [-0.2, -0.15) is 0 Å². The number of hydrogen-bond acceptors (Lipinski definition) is 5. The lowest BCUT2D eigenvalue weighted by Crippen LogP contribution is -2.54. The number of carbonyl (C=O) groups excluding carboxylic acids is 2. The van der Waals surface area contributed by atoms with Crippen LogP contribution in [0.25, 0.3) is 0 Å². The van der Waals surface area contributed by atoms with E-state index >= 15 is 0 Å². The van der Waals surface area contributed by atoms with Crippen LogP contribution >= 0.6 is 11.8 Å². The van der Waals surface area contributed by atoms with Gasteiger partial charge < -0.3 is 20.5 Å². The molecule has 0 bridgehead atoms. The molecule has 4 aromatic carbocycles. The molecule has 0 spiro atoms. The number of alkyl carbamates (subject to hydrolysis) is 1. The van der Waals surface area contributed by atoms with E-state index in [1.54, 1.807) is 20.8 Å². The number of amides is 2. The van der Waals surface area contributed by atoms with E-state index in [4.69, 9.17) is 4.74 Å². The summed E-state index contributed by atoms with van der Waals surface area (Å²) < 4.78 is 4.63. The predicted octanol–water partition coefficient (Wildman–Crippen LogP) is 6.42. The third kappa shape index (κ3) is 8.51. The van der Waals surface area contributed by atoms with E-state index in [-0.39, 0.29) is 12.2 Å². The van der Waals surface area contributed by atoms with Gasteiger partial charge in [0.1, 0.15) is 17.7 Å². The number of thioether (sulfide) groups is 1. The van der Waals surface area contributed by atoms with Crippen LogP contribution in [0.5, 0.6) is 0 Å². The minimum atomic E-state index is -1.25. The summed E-state index contributed by atoms with van der Waals surface area (Å²) in [5.41, 5.74) is 2.97. The molecule has 0 fully saturated rings. The van der Waals surface area contributed by atoms with Gasteiger partial charge in [0.15, 0.2) is 0 Å². The van der Waals surface area contributed by atoms with E-state index in [9.17, 15) is 19.5 Å². The molecule has 0 unspecified atom stereocenters. The fourth-order valence-electron chi connectivity index (χ4n) is 4.93. The second-order valence-electron chi connectivity index (χ2n) is 11.4. The first-order chi connectivity index (χ1) is 21.1. The lowest BCUT2D eigenvalue weighted by atomic mass is 9.84. The predicted molar refractivity (Wildman–Crippen MR) is 175 cm³/mol. The van der Waals surface area contributed by atoms with Crippen LogP contribution in [0.4, 0.5) is 4.79 Å². The zero-order valence-electron chi connectivity index (χ0n) is 25.1. The standard InChI is InChI=1S/C36H38N2O5S/c1-35(2,3)43-34(42)38-30(24-26-16-8-4-9-17-26)32(39)37-31(33(40)41)25-44-36(27-18-10-5-11-19-27,28-20-12-6-13-21-28)29-22-14-7-15-23-29/h4-23,30-31H,24-25H2,1-3H3,(H,37,39)(H,38,42)(H,40,41)/t30-,31+/m1/s1. The van der Waals surface area contributed by atoms with Gasteiger partial charge >= 0.3 is 12.1 Å². The molecule has 228 valence electrons. The summed E-state index contributed by atoms with van der Waals surface area (Å²) in [4.78, 5) is 38.9. The van der Waals surface area contributed by atoms with Crippen molar-refractivity contribution in [1.82, 2.24) is 10.6 Å². The van der Waals surface area contributed by atoms with Crippen molar-refractivity contribution in [2.75, 3.05) is 5.75 Å². The van der Waals surface area contributed by atoms with Gasteiger partial charge in [0.05, 0.1) is 4.75 Å². The number of hydrogen-bond donors (Lipinski definition) is 3. The van der Waals surface area contributed by atoms with Crippen LogP contribution < -0.4 is 10.6 Å². The Bertz CT molecular complexity index is 1410. The molecule has 8 heteroatoms. The Labute approximate surface area is 263 Å². The highest BCUT2D eigenvalue weighted by atomic mass is 32.2. The van der Waals surface area contributed by atoms with E-state index in [0.29, 0.717) is 0 Å². The topological polar surface area (TPSA) is 105 Å². The van der Waals surface area contributed by atoms with Gasteiger partial charge in [0, 0.05) is 12.2 Å². The maximum absolute atomic E-state index is 13.6. The Kier molecular flexibility index (Phi) is 10.8. The van der Waals surface area contributed by atoms with Gasteiger partial charge in [-0.1, -0.05) is 121 Å². The number of benzene rings is 4. The molecule has 4 aromatic rings. The maximum Gasteiger partial charge on any atom is 0.408 e. The fraction of sp³-hybridized carbons (Fsp3) is 0.250. The Balaban J connectivity index is 1.64. The Morgan fingerprint density at radius 2 is 1.11 bits per heavy atom. The van der Waals surface area contributed by atoms with Crippen molar-refractivity contribution < 1.29 is 24.2 Å². The van der Waals surface area contributed by atoms with Crippen molar-refractivity contribution in [3.8, 4) is 0 Å². The molecule has 0 aliphatic carbocycles. The van der Waals surface area contributed by atoms with Gasteiger partial charge in [-0.05, 0) is 43.0 Å². The molecule has 0 aromatic heterocycles. The van der Waals surface area contributed by atoms with E-state index in [2.05, 4.69) is 10.6 Å². The monoisotopic (exact) mass is 610 g/mol. The van der Waals surface area contributed by atoms with Crippen LogP contribution in [0.1, 0.15) is 43.0 Å². The lowest BCUT2D eigenvalue weighted by molar-refractivity contribution is -0.141. The molecule has 3 N–H and O–H groups in total. The quantitative estimate of drug-likeness (QED) is 0.160. The first-order valence-corrected chi connectivity index (χ1v) is 15.4. The van der Waals surface area contributed by atoms with Gasteiger partial charge in [-0.15, -0.1) is 11.8 Å². The second kappa shape index (κ2) is 14.8. The largest absolute Gasteiger partial charge is 0.480 e. The summed E-state index contributed by atoms with van der Waals surface area (Å²) in [6, 6.07) is 36.7. The highest BCUT2D eigenvalue weighted by Crippen LogP contribution is 2.48. The first-order valence-electron chi connectivity index (χ1n) is 14.5. The SMILES string of the molecule is CC(C)(C)OC(=O)N[C@H](Cc1ccccc1)C(=O)N[C@@H](CSC(c1ccccc1)(c1ccccc1)c1ccccc1)C(=O)O. The smallest absolute Gasteiger partial charge is 0.408 e. The van der Waals surface area contributed by atoms with E-state index in [0.717, 1.165) is 22.3 Å². The zero-order valence-corrected chi connectivity index (χ0v) is 25.9. The van der Waals surface area contributed by atoms with Crippen LogP contribution in [0.15, 0.2) is 121 Å². The fourth-order valence-corrected chi connectivity index (χ4v) is 6.48. The van der Waals surface area contributed by atoms with Crippen LogP contribution in [-0.4, -0.2) is 46.5 Å². The number of aliphatic carboxylic acids is 1. The van der Waals surface area contributed by atoms with E-state index in [1.807, 2.05) is 121 Å². The summed E-state index contributed by atoms with van der Waals surface area (Å²) in [5.74, 6) is -1.74. The molecular weight excluding hydrogens is 572 g/mol. The van der Waals surface area contributed by atoms with Crippen LogP contribution in [0.3, 0.4) is 0 Å². The van der Waals surface area contributed by atoms with Gasteiger partial charge in [0.25, 0.3) is 0 Å². The highest BCUT2D eigenvalue weighted by Gasteiger charge is 2.39. The Morgan fingerprint density at radius 1 is 0.682 bits per heavy atom. The van der Waals surface area contributed by atoms with Gasteiger partial charge in [0.2, 0.25) is 5.91 Å². The minimum absolute atomic E-state index is 0.0459. The summed E-state index contributed by atoms with van der Waals surface area (Å²) in [5, 5.41) is 15.6. The number of carboxylic acid groups (broad SMARTS) is 1. The second-order valence-corrected chi connectivity index (χ2v) is 12.6. The molecule has 0 aliphatic heterocycles. The number of carboxylic acids is 1. The van der Waals surface area contributed by atoms with Crippen molar-refractivity contribution in [2.24, 2.45) is 0 Å². The normalized spacial score (nSPS) is 12.9. The van der Waals surface area contributed by atoms with Gasteiger partial charge in [-0.25, -0.2) is 9.59 Å². The van der Waals surface area contributed by atoms with Crippen LogP contribution in [0, 0.1) is 0 Å². The Morgan fingerprint density at radius 3 is 1.52 bits per heavy atom. The summed E-state index contributed by atoms with van der Waals surface area (Å²) in [7, 11) is 0. The Hall–Kier alpha value is -4.56. The molecule has 0 heterocycles. The third-order valence-corrected chi connectivity index (χ3v) is 8.55. The molecule has 2 amide bonds. The minimum Gasteiger partial charge on any atom is -0.480 e. The lowest BCUT2D eigenvalue weighted by Gasteiger charge is -2.36. The molecule has 7 nitrogen and oxygen atoms in total. The maximum atomic E-state index is 13.6. The molecule has 44 heavy (non-hydrogen) atoms. The van der Waals surface area contributed by atoms with Crippen molar-refractivity contribution >= 4 is 29.7 Å². The van der Waals surface area contributed by atoms with Crippen LogP contribution in [-0.2, 0) is 25.5 Å². The average Bonchev–Trinajstić information content (AvgIpc) is 3.01.